The number of ketones is 1. The third kappa shape index (κ3) is 4.90. The van der Waals surface area contributed by atoms with Crippen LogP contribution in [0.2, 0.25) is 18.1 Å². The van der Waals surface area contributed by atoms with Crippen LogP contribution in [0.25, 0.3) is 0 Å². The summed E-state index contributed by atoms with van der Waals surface area (Å²) in [4.78, 5) is 12.0. The highest BCUT2D eigenvalue weighted by molar-refractivity contribution is 6.74. The molecule has 0 aromatic heterocycles. The molecule has 0 spiro atoms. The van der Waals surface area contributed by atoms with Gasteiger partial charge in [0.05, 0.1) is 12.7 Å². The smallest absolute Gasteiger partial charge is 0.192 e. The first-order chi connectivity index (χ1) is 10.1. The third-order valence-electron chi connectivity index (χ3n) is 5.06. The molecular formula is C18H32O3Si. The van der Waals surface area contributed by atoms with E-state index >= 15 is 0 Å². The maximum absolute atomic E-state index is 12.0. The molecule has 22 heavy (non-hydrogen) atoms. The van der Waals surface area contributed by atoms with Gasteiger partial charge < -0.3 is 9.53 Å². The van der Waals surface area contributed by atoms with Crippen LogP contribution in [0.5, 0.6) is 0 Å². The largest absolute Gasteiger partial charge is 0.413 e. The predicted octanol–water partition coefficient (Wildman–Crippen LogP) is 4.10. The van der Waals surface area contributed by atoms with Crippen LogP contribution in [0.4, 0.5) is 0 Å². The molecule has 1 N–H and O–H groups in total. The zero-order valence-electron chi connectivity index (χ0n) is 14.9. The van der Waals surface area contributed by atoms with Gasteiger partial charge in [-0.2, -0.15) is 0 Å². The van der Waals surface area contributed by atoms with Crippen molar-refractivity contribution in [2.45, 2.75) is 64.8 Å². The summed E-state index contributed by atoms with van der Waals surface area (Å²) in [6.07, 6.45) is 8.37. The van der Waals surface area contributed by atoms with E-state index in [0.29, 0.717) is 13.0 Å². The van der Waals surface area contributed by atoms with E-state index in [9.17, 15) is 9.90 Å². The van der Waals surface area contributed by atoms with Crippen LogP contribution in [-0.2, 0) is 9.22 Å². The van der Waals surface area contributed by atoms with Gasteiger partial charge in [-0.25, -0.2) is 0 Å². The van der Waals surface area contributed by atoms with Crippen molar-refractivity contribution < 1.29 is 14.3 Å². The van der Waals surface area contributed by atoms with Gasteiger partial charge in [-0.3, -0.25) is 4.79 Å². The molecule has 0 bridgehead atoms. The Kier molecular flexibility index (Phi) is 6.78. The van der Waals surface area contributed by atoms with Crippen LogP contribution in [-0.4, -0.2) is 31.9 Å². The Morgan fingerprint density at radius 1 is 1.32 bits per heavy atom. The minimum Gasteiger partial charge on any atom is -0.413 e. The summed E-state index contributed by atoms with van der Waals surface area (Å²) in [6, 6.07) is 0. The van der Waals surface area contributed by atoms with Gasteiger partial charge in [-0.1, -0.05) is 45.1 Å². The fourth-order valence-corrected chi connectivity index (χ4v) is 3.44. The first kappa shape index (κ1) is 19.3. The molecule has 0 aliphatic heterocycles. The lowest BCUT2D eigenvalue weighted by Gasteiger charge is -2.35. The lowest BCUT2D eigenvalue weighted by Crippen LogP contribution is -2.40. The molecule has 0 aromatic rings. The van der Waals surface area contributed by atoms with Crippen LogP contribution in [0.15, 0.2) is 24.3 Å². The zero-order chi connectivity index (χ0) is 17.0. The molecule has 4 heteroatoms. The van der Waals surface area contributed by atoms with Crippen molar-refractivity contribution in [2.75, 3.05) is 6.61 Å². The van der Waals surface area contributed by atoms with E-state index in [1.807, 2.05) is 31.2 Å². The average molecular weight is 325 g/mol. The van der Waals surface area contributed by atoms with Gasteiger partial charge in [0.1, 0.15) is 5.78 Å². The summed E-state index contributed by atoms with van der Waals surface area (Å²) < 4.78 is 6.10. The van der Waals surface area contributed by atoms with Crippen LogP contribution >= 0.6 is 0 Å². The fraction of sp³-hybridized carbons (Fsp3) is 0.722. The molecule has 1 aliphatic rings. The Labute approximate surface area is 136 Å². The maximum atomic E-state index is 12.0. The normalized spacial score (nSPS) is 27.4. The molecule has 1 saturated carbocycles. The second-order valence-electron chi connectivity index (χ2n) is 7.73. The number of aliphatic hydroxyl groups is 1. The first-order valence-electron chi connectivity index (χ1n) is 8.22. The highest BCUT2D eigenvalue weighted by atomic mass is 28.4. The first-order valence-corrected chi connectivity index (χ1v) is 11.1. The number of allylic oxidation sites excluding steroid dienone is 2. The van der Waals surface area contributed by atoms with Gasteiger partial charge in [0.2, 0.25) is 0 Å². The van der Waals surface area contributed by atoms with Crippen LogP contribution in [0, 0.1) is 11.8 Å². The Balaban J connectivity index is 2.62. The number of carbonyl (C=O) groups is 1. The number of hydrogen-bond donors (Lipinski definition) is 1. The summed E-state index contributed by atoms with van der Waals surface area (Å²) in [5.41, 5.74) is 0. The van der Waals surface area contributed by atoms with Crippen molar-refractivity contribution >= 4 is 14.1 Å². The Morgan fingerprint density at radius 3 is 2.50 bits per heavy atom. The lowest BCUT2D eigenvalue weighted by atomic mass is 9.91. The van der Waals surface area contributed by atoms with Crippen molar-refractivity contribution in [1.29, 1.82) is 0 Å². The molecule has 1 rings (SSSR count). The molecule has 0 unspecified atom stereocenters. The molecule has 0 saturated heterocycles. The minimum atomic E-state index is -1.74. The summed E-state index contributed by atoms with van der Waals surface area (Å²) in [7, 11) is -1.74. The molecule has 1 aliphatic carbocycles. The van der Waals surface area contributed by atoms with E-state index in [1.165, 1.54) is 0 Å². The van der Waals surface area contributed by atoms with E-state index in [-0.39, 0.29) is 29.1 Å². The van der Waals surface area contributed by atoms with E-state index in [4.69, 9.17) is 4.43 Å². The predicted molar refractivity (Wildman–Crippen MR) is 94.3 cm³/mol. The standard InChI is InChI=1S/C18H32O3Si/c1-7-8-10-14-15(17(20)13-16(14)19)11-9-12-21-22(5,6)18(2,3)4/h7-9,11,14-15,17,20H,10,12-13H2,1-6H3/b8-7-,11-9+/t14-,15-,17-/m1/s1. The molecule has 0 amide bonds. The van der Waals surface area contributed by atoms with E-state index in [0.717, 1.165) is 0 Å². The van der Waals surface area contributed by atoms with Crippen molar-refractivity contribution in [3.05, 3.63) is 24.3 Å². The highest BCUT2D eigenvalue weighted by Gasteiger charge is 2.39. The topological polar surface area (TPSA) is 46.5 Å². The van der Waals surface area contributed by atoms with Crippen LogP contribution in [0.3, 0.4) is 0 Å². The zero-order valence-corrected chi connectivity index (χ0v) is 15.9. The van der Waals surface area contributed by atoms with Crippen LogP contribution < -0.4 is 0 Å². The lowest BCUT2D eigenvalue weighted by molar-refractivity contribution is -0.121. The van der Waals surface area contributed by atoms with Gasteiger partial charge in [-0.15, -0.1) is 0 Å². The minimum absolute atomic E-state index is 0.0771. The summed E-state index contributed by atoms with van der Waals surface area (Å²) in [6.45, 7) is 13.6. The van der Waals surface area contributed by atoms with Crippen molar-refractivity contribution in [1.82, 2.24) is 0 Å². The molecule has 0 radical (unpaired) electrons. The van der Waals surface area contributed by atoms with Gasteiger partial charge in [0.25, 0.3) is 0 Å². The number of rotatable bonds is 6. The Bertz CT molecular complexity index is 432. The fourth-order valence-electron chi connectivity index (χ4n) is 2.50. The second-order valence-corrected chi connectivity index (χ2v) is 12.5. The van der Waals surface area contributed by atoms with Gasteiger partial charge in [0, 0.05) is 18.3 Å². The van der Waals surface area contributed by atoms with E-state index in [2.05, 4.69) is 33.9 Å². The second kappa shape index (κ2) is 7.71. The maximum Gasteiger partial charge on any atom is 0.192 e. The number of hydrogen-bond acceptors (Lipinski definition) is 3. The molecule has 126 valence electrons. The SMILES string of the molecule is C/C=C\C[C@H]1C(=O)C[C@@H](O)[C@@H]1/C=C/CO[Si](C)(C)C(C)(C)C. The summed E-state index contributed by atoms with van der Waals surface area (Å²) in [5.74, 6) is 0.00704. The summed E-state index contributed by atoms with van der Waals surface area (Å²) in [5, 5.41) is 10.3. The van der Waals surface area contributed by atoms with Gasteiger partial charge in [0.15, 0.2) is 8.32 Å². The van der Waals surface area contributed by atoms with Crippen molar-refractivity contribution in [3.63, 3.8) is 0 Å². The Morgan fingerprint density at radius 2 is 1.95 bits per heavy atom. The van der Waals surface area contributed by atoms with Gasteiger partial charge in [-0.05, 0) is 31.5 Å². The van der Waals surface area contributed by atoms with Crippen molar-refractivity contribution in [3.8, 4) is 0 Å². The average Bonchev–Trinajstić information content (AvgIpc) is 2.65. The third-order valence-corrected chi connectivity index (χ3v) is 9.56. The van der Waals surface area contributed by atoms with Gasteiger partial charge >= 0.3 is 0 Å². The summed E-state index contributed by atoms with van der Waals surface area (Å²) >= 11 is 0. The highest BCUT2D eigenvalue weighted by Crippen LogP contribution is 2.37. The van der Waals surface area contributed by atoms with Crippen LogP contribution in [0.1, 0.15) is 40.5 Å². The monoisotopic (exact) mass is 324 g/mol. The van der Waals surface area contributed by atoms with E-state index < -0.39 is 14.4 Å². The molecule has 0 aromatic carbocycles. The van der Waals surface area contributed by atoms with E-state index in [1.54, 1.807) is 0 Å². The molecule has 0 heterocycles. The van der Waals surface area contributed by atoms with Crippen molar-refractivity contribution in [2.24, 2.45) is 11.8 Å². The number of Topliss-reactive ketones (excluding diaryl/α,β-unsaturated/α-hetero) is 1. The molecular weight excluding hydrogens is 292 g/mol. The Hall–Kier alpha value is -0.713. The molecule has 3 atom stereocenters. The number of aliphatic hydroxyl groups excluding tert-OH is 1. The number of carbonyl (C=O) groups excluding carboxylic acids is 1. The molecule has 1 fully saturated rings. The molecule has 3 nitrogen and oxygen atoms in total. The quantitative estimate of drug-likeness (QED) is 0.591.